The Balaban J connectivity index is 1.71. The van der Waals surface area contributed by atoms with Crippen molar-refractivity contribution < 1.29 is 4.74 Å². The van der Waals surface area contributed by atoms with E-state index >= 15 is 0 Å². The molecule has 0 aliphatic heterocycles. The second-order valence-electron chi connectivity index (χ2n) is 5.49. The van der Waals surface area contributed by atoms with Gasteiger partial charge in [0.15, 0.2) is 0 Å². The predicted octanol–water partition coefficient (Wildman–Crippen LogP) is 3.82. The summed E-state index contributed by atoms with van der Waals surface area (Å²) < 4.78 is 5.98. The zero-order valence-electron chi connectivity index (χ0n) is 11.9. The number of ether oxygens (including phenoxy) is 1. The molecule has 0 spiro atoms. The highest BCUT2D eigenvalue weighted by Crippen LogP contribution is 2.32. The number of nitrogens with two attached hydrogens (primary N) is 1. The second-order valence-corrected chi connectivity index (χ2v) is 5.93. The Morgan fingerprint density at radius 2 is 2.05 bits per heavy atom. The largest absolute Gasteiger partial charge is 0.493 e. The molecular formula is C18H19NOS. The van der Waals surface area contributed by atoms with Crippen molar-refractivity contribution in [1.29, 1.82) is 0 Å². The van der Waals surface area contributed by atoms with Crippen molar-refractivity contribution in [2.45, 2.75) is 25.2 Å². The first-order valence-corrected chi connectivity index (χ1v) is 7.75. The second kappa shape index (κ2) is 6.27. The van der Waals surface area contributed by atoms with E-state index in [1.165, 1.54) is 30.4 Å². The van der Waals surface area contributed by atoms with Crippen LogP contribution >= 0.6 is 12.2 Å². The highest BCUT2D eigenvalue weighted by molar-refractivity contribution is 7.80. The van der Waals surface area contributed by atoms with E-state index in [-0.39, 0.29) is 0 Å². The molecule has 3 heteroatoms. The Bertz CT molecular complexity index is 653. The molecule has 1 aliphatic carbocycles. The number of fused-ring (bicyclic) bond motifs is 1. The van der Waals surface area contributed by atoms with Crippen LogP contribution in [0.1, 0.15) is 35.4 Å². The molecule has 0 heterocycles. The van der Waals surface area contributed by atoms with Crippen LogP contribution in [0.5, 0.6) is 5.75 Å². The van der Waals surface area contributed by atoms with Gasteiger partial charge in [-0.2, -0.15) is 0 Å². The van der Waals surface area contributed by atoms with Gasteiger partial charge in [-0.1, -0.05) is 48.6 Å². The van der Waals surface area contributed by atoms with E-state index in [2.05, 4.69) is 24.3 Å². The van der Waals surface area contributed by atoms with Crippen molar-refractivity contribution in [3.05, 3.63) is 65.2 Å². The first-order valence-electron chi connectivity index (χ1n) is 7.34. The fraction of sp³-hybridized carbons (Fsp3) is 0.278. The third kappa shape index (κ3) is 3.24. The van der Waals surface area contributed by atoms with Crippen LogP contribution < -0.4 is 10.5 Å². The molecular weight excluding hydrogens is 278 g/mol. The van der Waals surface area contributed by atoms with E-state index < -0.39 is 0 Å². The molecule has 1 aliphatic rings. The van der Waals surface area contributed by atoms with Gasteiger partial charge in [0.1, 0.15) is 10.7 Å². The monoisotopic (exact) mass is 297 g/mol. The first kappa shape index (κ1) is 14.1. The Hall–Kier alpha value is -1.87. The van der Waals surface area contributed by atoms with Gasteiger partial charge in [-0.05, 0) is 42.5 Å². The van der Waals surface area contributed by atoms with Crippen molar-refractivity contribution in [3.63, 3.8) is 0 Å². The Labute approximate surface area is 130 Å². The number of rotatable bonds is 4. The highest BCUT2D eigenvalue weighted by atomic mass is 32.1. The minimum atomic E-state index is 0.406. The average Bonchev–Trinajstić information content (AvgIpc) is 2.53. The smallest absolute Gasteiger partial charge is 0.120 e. The molecule has 0 fully saturated rings. The summed E-state index contributed by atoms with van der Waals surface area (Å²) in [6.45, 7) is 0.706. The molecule has 0 amide bonds. The molecule has 0 bridgehead atoms. The molecule has 0 aromatic heterocycles. The van der Waals surface area contributed by atoms with Crippen LogP contribution in [0.4, 0.5) is 0 Å². The van der Waals surface area contributed by atoms with Gasteiger partial charge < -0.3 is 10.5 Å². The van der Waals surface area contributed by atoms with Gasteiger partial charge in [-0.15, -0.1) is 0 Å². The Morgan fingerprint density at radius 3 is 2.90 bits per heavy atom. The van der Waals surface area contributed by atoms with E-state index in [0.717, 1.165) is 11.3 Å². The van der Waals surface area contributed by atoms with Crippen LogP contribution in [0.15, 0.2) is 48.5 Å². The van der Waals surface area contributed by atoms with Crippen LogP contribution in [-0.2, 0) is 6.42 Å². The fourth-order valence-electron chi connectivity index (χ4n) is 2.96. The van der Waals surface area contributed by atoms with Gasteiger partial charge >= 0.3 is 0 Å². The number of hydrogen-bond acceptors (Lipinski definition) is 2. The maximum Gasteiger partial charge on any atom is 0.120 e. The Morgan fingerprint density at radius 1 is 1.19 bits per heavy atom. The van der Waals surface area contributed by atoms with E-state index in [1.54, 1.807) is 0 Å². The maximum atomic E-state index is 5.98. The third-order valence-electron chi connectivity index (χ3n) is 4.06. The van der Waals surface area contributed by atoms with Crippen LogP contribution in [0.3, 0.4) is 0 Å². The Kier molecular flexibility index (Phi) is 4.20. The molecule has 3 rings (SSSR count). The van der Waals surface area contributed by atoms with Gasteiger partial charge in [0.05, 0.1) is 6.61 Å². The lowest BCUT2D eigenvalue weighted by atomic mass is 9.83. The zero-order chi connectivity index (χ0) is 14.7. The van der Waals surface area contributed by atoms with Gasteiger partial charge in [0.2, 0.25) is 0 Å². The van der Waals surface area contributed by atoms with Crippen LogP contribution in [0.2, 0.25) is 0 Å². The fourth-order valence-corrected chi connectivity index (χ4v) is 3.09. The molecule has 2 N–H and O–H groups in total. The molecule has 2 aromatic rings. The van der Waals surface area contributed by atoms with Gasteiger partial charge in [-0.25, -0.2) is 0 Å². The van der Waals surface area contributed by atoms with Gasteiger partial charge in [0.25, 0.3) is 0 Å². The third-order valence-corrected chi connectivity index (χ3v) is 4.30. The lowest BCUT2D eigenvalue weighted by Gasteiger charge is -2.25. The molecule has 0 saturated heterocycles. The number of thiocarbonyl (C=S) groups is 1. The first-order chi connectivity index (χ1) is 10.2. The summed E-state index contributed by atoms with van der Waals surface area (Å²) in [6, 6.07) is 16.4. The van der Waals surface area contributed by atoms with Crippen LogP contribution in [-0.4, -0.2) is 11.6 Å². The summed E-state index contributed by atoms with van der Waals surface area (Å²) >= 11 is 5.01. The van der Waals surface area contributed by atoms with Crippen molar-refractivity contribution >= 4 is 17.2 Å². The molecule has 2 nitrogen and oxygen atoms in total. The lowest BCUT2D eigenvalue weighted by molar-refractivity contribution is 0.274. The molecule has 1 unspecified atom stereocenters. The quantitative estimate of drug-likeness (QED) is 0.871. The minimum absolute atomic E-state index is 0.406. The molecule has 0 saturated carbocycles. The summed E-state index contributed by atoms with van der Waals surface area (Å²) in [5.41, 5.74) is 9.42. The van der Waals surface area contributed by atoms with Crippen molar-refractivity contribution in [3.8, 4) is 5.75 Å². The van der Waals surface area contributed by atoms with Crippen LogP contribution in [0, 0.1) is 0 Å². The standard InChI is InChI=1S/C18H19NOS/c19-18(21)14-7-4-9-16(11-14)20-12-15-8-3-6-13-5-1-2-10-17(13)15/h1-2,4-5,7,9-11,15H,3,6,8,12H2,(H2,19,21). The SMILES string of the molecule is NC(=S)c1cccc(OCC2CCCc3ccccc32)c1. The topological polar surface area (TPSA) is 35.2 Å². The molecule has 2 aromatic carbocycles. The normalized spacial score (nSPS) is 17.0. The number of aryl methyl sites for hydroxylation is 1. The van der Waals surface area contributed by atoms with E-state index in [0.29, 0.717) is 17.5 Å². The summed E-state index contributed by atoms with van der Waals surface area (Å²) in [7, 11) is 0. The maximum absolute atomic E-state index is 5.98. The van der Waals surface area contributed by atoms with Crippen molar-refractivity contribution in [2.24, 2.45) is 5.73 Å². The molecule has 108 valence electrons. The van der Waals surface area contributed by atoms with E-state index in [4.69, 9.17) is 22.7 Å². The predicted molar refractivity (Wildman–Crippen MR) is 89.9 cm³/mol. The average molecular weight is 297 g/mol. The van der Waals surface area contributed by atoms with E-state index in [1.807, 2.05) is 24.3 Å². The number of benzene rings is 2. The minimum Gasteiger partial charge on any atom is -0.493 e. The summed E-state index contributed by atoms with van der Waals surface area (Å²) in [5, 5.41) is 0. The summed E-state index contributed by atoms with van der Waals surface area (Å²) in [6.07, 6.45) is 3.60. The zero-order valence-corrected chi connectivity index (χ0v) is 12.7. The lowest BCUT2D eigenvalue weighted by Crippen LogP contribution is -2.17. The summed E-state index contributed by atoms with van der Waals surface area (Å²) in [4.78, 5) is 0.406. The van der Waals surface area contributed by atoms with E-state index in [9.17, 15) is 0 Å². The molecule has 1 atom stereocenters. The van der Waals surface area contributed by atoms with Crippen LogP contribution in [0.25, 0.3) is 0 Å². The number of hydrogen-bond donors (Lipinski definition) is 1. The van der Waals surface area contributed by atoms with Crippen molar-refractivity contribution in [2.75, 3.05) is 6.61 Å². The molecule has 21 heavy (non-hydrogen) atoms. The summed E-state index contributed by atoms with van der Waals surface area (Å²) in [5.74, 6) is 1.31. The van der Waals surface area contributed by atoms with Gasteiger partial charge in [0, 0.05) is 11.5 Å². The highest BCUT2D eigenvalue weighted by Gasteiger charge is 2.20. The molecule has 0 radical (unpaired) electrons. The van der Waals surface area contributed by atoms with Gasteiger partial charge in [-0.3, -0.25) is 0 Å². The van der Waals surface area contributed by atoms with Crippen molar-refractivity contribution in [1.82, 2.24) is 0 Å².